The first-order chi connectivity index (χ1) is 6.91. The second-order valence-corrected chi connectivity index (χ2v) is 5.77. The molecular weight excluding hydrogens is 188 g/mol. The molecule has 1 aliphatic heterocycles. The van der Waals surface area contributed by atoms with E-state index in [1.165, 1.54) is 0 Å². The van der Waals surface area contributed by atoms with Crippen LogP contribution in [-0.2, 0) is 4.79 Å². The van der Waals surface area contributed by atoms with Gasteiger partial charge in [0, 0.05) is 13.1 Å². The molecule has 0 aromatic rings. The topological polar surface area (TPSA) is 44.1 Å². The quantitative estimate of drug-likeness (QED) is 0.656. The predicted molar refractivity (Wildman–Crippen MR) is 56.8 cm³/mol. The Hall–Kier alpha value is -1.04. The SMILES string of the molecule is CC1CN(C(=O)C2(C#N)CC2)CC1(C)C. The van der Waals surface area contributed by atoms with E-state index in [4.69, 9.17) is 5.26 Å². The fourth-order valence-electron chi connectivity index (χ4n) is 2.25. The maximum Gasteiger partial charge on any atom is 0.243 e. The van der Waals surface area contributed by atoms with Crippen molar-refractivity contribution in [3.05, 3.63) is 0 Å². The van der Waals surface area contributed by atoms with Crippen LogP contribution in [-0.4, -0.2) is 23.9 Å². The minimum atomic E-state index is -0.639. The van der Waals surface area contributed by atoms with Crippen molar-refractivity contribution in [2.45, 2.75) is 33.6 Å². The Bertz CT molecular complexity index is 336. The summed E-state index contributed by atoms with van der Waals surface area (Å²) >= 11 is 0. The second kappa shape index (κ2) is 2.98. The molecule has 2 fully saturated rings. The van der Waals surface area contributed by atoms with E-state index in [0.717, 1.165) is 25.9 Å². The zero-order valence-corrected chi connectivity index (χ0v) is 9.71. The van der Waals surface area contributed by atoms with Gasteiger partial charge in [0.2, 0.25) is 5.91 Å². The van der Waals surface area contributed by atoms with Gasteiger partial charge in [0.05, 0.1) is 6.07 Å². The van der Waals surface area contributed by atoms with Gasteiger partial charge in [-0.2, -0.15) is 5.26 Å². The summed E-state index contributed by atoms with van der Waals surface area (Å²) in [5, 5.41) is 8.99. The van der Waals surface area contributed by atoms with Crippen molar-refractivity contribution >= 4 is 5.91 Å². The Balaban J connectivity index is 2.10. The van der Waals surface area contributed by atoms with Gasteiger partial charge in [0.1, 0.15) is 5.41 Å². The van der Waals surface area contributed by atoms with Crippen LogP contribution in [0.4, 0.5) is 0 Å². The fraction of sp³-hybridized carbons (Fsp3) is 0.833. The lowest BCUT2D eigenvalue weighted by Gasteiger charge is -2.22. The summed E-state index contributed by atoms with van der Waals surface area (Å²) in [5.74, 6) is 0.596. The van der Waals surface area contributed by atoms with Crippen LogP contribution in [0.1, 0.15) is 33.6 Å². The van der Waals surface area contributed by atoms with Crippen LogP contribution in [0.15, 0.2) is 0 Å². The molecule has 15 heavy (non-hydrogen) atoms. The number of likely N-dealkylation sites (tertiary alicyclic amines) is 1. The molecule has 2 aliphatic rings. The predicted octanol–water partition coefficient (Wildman–Crippen LogP) is 1.79. The lowest BCUT2D eigenvalue weighted by molar-refractivity contribution is -0.134. The first-order valence-electron chi connectivity index (χ1n) is 5.62. The molecule has 1 unspecified atom stereocenters. The molecular formula is C12H18N2O. The number of hydrogen-bond acceptors (Lipinski definition) is 2. The molecule has 0 bridgehead atoms. The molecule has 1 saturated heterocycles. The summed E-state index contributed by atoms with van der Waals surface area (Å²) in [6.07, 6.45) is 1.52. The number of hydrogen-bond donors (Lipinski definition) is 0. The average molecular weight is 206 g/mol. The zero-order valence-electron chi connectivity index (χ0n) is 9.71. The Morgan fingerprint density at radius 1 is 1.47 bits per heavy atom. The first kappa shape index (κ1) is 10.5. The smallest absolute Gasteiger partial charge is 0.243 e. The van der Waals surface area contributed by atoms with Gasteiger partial charge in [0.15, 0.2) is 0 Å². The Morgan fingerprint density at radius 2 is 2.07 bits per heavy atom. The molecule has 3 nitrogen and oxygen atoms in total. The lowest BCUT2D eigenvalue weighted by atomic mass is 9.84. The summed E-state index contributed by atoms with van der Waals surface area (Å²) in [5.41, 5.74) is -0.443. The second-order valence-electron chi connectivity index (χ2n) is 5.77. The van der Waals surface area contributed by atoms with Crippen molar-refractivity contribution < 1.29 is 4.79 Å². The third-order valence-electron chi connectivity index (χ3n) is 4.09. The number of rotatable bonds is 1. The molecule has 3 heteroatoms. The van der Waals surface area contributed by atoms with E-state index < -0.39 is 5.41 Å². The largest absolute Gasteiger partial charge is 0.340 e. The van der Waals surface area contributed by atoms with Gasteiger partial charge in [-0.05, 0) is 24.2 Å². The van der Waals surface area contributed by atoms with Crippen molar-refractivity contribution in [2.24, 2.45) is 16.7 Å². The molecule has 0 aromatic heterocycles. The van der Waals surface area contributed by atoms with Crippen LogP contribution >= 0.6 is 0 Å². The van der Waals surface area contributed by atoms with E-state index in [1.807, 2.05) is 4.90 Å². The standard InChI is InChI=1S/C12H18N2O/c1-9-6-14(8-11(9,2)3)10(15)12(7-13)4-5-12/h9H,4-6,8H2,1-3H3. The molecule has 0 aromatic carbocycles. The molecule has 1 amide bonds. The first-order valence-corrected chi connectivity index (χ1v) is 5.62. The molecule has 1 atom stereocenters. The molecule has 0 radical (unpaired) electrons. The highest BCUT2D eigenvalue weighted by atomic mass is 16.2. The van der Waals surface area contributed by atoms with Crippen LogP contribution in [0.5, 0.6) is 0 Å². The minimum absolute atomic E-state index is 0.0717. The zero-order chi connectivity index (χ0) is 11.3. The monoisotopic (exact) mass is 206 g/mol. The van der Waals surface area contributed by atoms with Crippen molar-refractivity contribution in [1.29, 1.82) is 5.26 Å². The minimum Gasteiger partial charge on any atom is -0.340 e. The van der Waals surface area contributed by atoms with Gasteiger partial charge in [0.25, 0.3) is 0 Å². The summed E-state index contributed by atoms with van der Waals surface area (Å²) in [6.45, 7) is 8.18. The third-order valence-corrected chi connectivity index (χ3v) is 4.09. The van der Waals surface area contributed by atoms with Gasteiger partial charge in [-0.1, -0.05) is 20.8 Å². The van der Waals surface area contributed by atoms with E-state index in [-0.39, 0.29) is 11.3 Å². The summed E-state index contributed by atoms with van der Waals surface area (Å²) < 4.78 is 0. The Morgan fingerprint density at radius 3 is 2.40 bits per heavy atom. The number of nitriles is 1. The molecule has 1 heterocycles. The summed E-state index contributed by atoms with van der Waals surface area (Å²) in [6, 6.07) is 2.18. The van der Waals surface area contributed by atoms with Crippen molar-refractivity contribution in [2.75, 3.05) is 13.1 Å². The molecule has 0 N–H and O–H groups in total. The normalized spacial score (nSPS) is 31.1. The van der Waals surface area contributed by atoms with Crippen molar-refractivity contribution in [3.63, 3.8) is 0 Å². The van der Waals surface area contributed by atoms with Crippen LogP contribution in [0.25, 0.3) is 0 Å². The van der Waals surface area contributed by atoms with E-state index in [9.17, 15) is 4.79 Å². The van der Waals surface area contributed by atoms with Crippen LogP contribution in [0, 0.1) is 28.1 Å². The van der Waals surface area contributed by atoms with Crippen LogP contribution in [0.2, 0.25) is 0 Å². The highest BCUT2D eigenvalue weighted by molar-refractivity contribution is 5.88. The van der Waals surface area contributed by atoms with E-state index >= 15 is 0 Å². The maximum atomic E-state index is 12.1. The summed E-state index contributed by atoms with van der Waals surface area (Å²) in [7, 11) is 0. The van der Waals surface area contributed by atoms with Gasteiger partial charge in [-0.3, -0.25) is 4.79 Å². The highest BCUT2D eigenvalue weighted by Crippen LogP contribution is 2.48. The number of carbonyl (C=O) groups is 1. The highest BCUT2D eigenvalue weighted by Gasteiger charge is 2.54. The number of carbonyl (C=O) groups excluding carboxylic acids is 1. The summed E-state index contributed by atoms with van der Waals surface area (Å²) in [4.78, 5) is 14.0. The molecule has 82 valence electrons. The van der Waals surface area contributed by atoms with Crippen molar-refractivity contribution in [1.82, 2.24) is 4.90 Å². The Kier molecular flexibility index (Phi) is 2.08. The van der Waals surface area contributed by atoms with E-state index in [2.05, 4.69) is 26.8 Å². The van der Waals surface area contributed by atoms with Crippen molar-refractivity contribution in [3.8, 4) is 6.07 Å². The molecule has 1 aliphatic carbocycles. The molecule has 2 rings (SSSR count). The average Bonchev–Trinajstić information content (AvgIpc) is 2.91. The maximum absolute atomic E-state index is 12.1. The van der Waals surface area contributed by atoms with Crippen LogP contribution < -0.4 is 0 Å². The van der Waals surface area contributed by atoms with E-state index in [0.29, 0.717) is 5.92 Å². The van der Waals surface area contributed by atoms with E-state index in [1.54, 1.807) is 0 Å². The van der Waals surface area contributed by atoms with Crippen LogP contribution in [0.3, 0.4) is 0 Å². The fourth-order valence-corrected chi connectivity index (χ4v) is 2.25. The third kappa shape index (κ3) is 1.52. The lowest BCUT2D eigenvalue weighted by Crippen LogP contribution is -2.35. The van der Waals surface area contributed by atoms with Gasteiger partial charge >= 0.3 is 0 Å². The molecule has 0 spiro atoms. The molecule has 1 saturated carbocycles. The number of amides is 1. The number of nitrogens with zero attached hydrogens (tertiary/aromatic N) is 2. The van der Waals surface area contributed by atoms with Gasteiger partial charge < -0.3 is 4.90 Å². The Labute approximate surface area is 91.1 Å². The van der Waals surface area contributed by atoms with Gasteiger partial charge in [-0.25, -0.2) is 0 Å². The van der Waals surface area contributed by atoms with Gasteiger partial charge in [-0.15, -0.1) is 0 Å².